The van der Waals surface area contributed by atoms with Crippen LogP contribution in [-0.2, 0) is 4.74 Å². The Hall–Kier alpha value is -1.59. The first-order valence-corrected chi connectivity index (χ1v) is 7.03. The average Bonchev–Trinajstić information content (AvgIpc) is 2.48. The molecule has 1 aliphatic rings. The second kappa shape index (κ2) is 6.72. The summed E-state index contributed by atoms with van der Waals surface area (Å²) in [5.41, 5.74) is 1.51. The largest absolute Gasteiger partial charge is 0.394 e. The summed E-state index contributed by atoms with van der Waals surface area (Å²) in [7, 11) is 0. The Morgan fingerprint density at radius 2 is 2.25 bits per heavy atom. The number of nitrogens with one attached hydrogen (secondary N) is 1. The fourth-order valence-corrected chi connectivity index (χ4v) is 2.38. The zero-order valence-electron chi connectivity index (χ0n) is 12.0. The third-order valence-electron chi connectivity index (χ3n) is 3.49. The Labute approximate surface area is 119 Å². The van der Waals surface area contributed by atoms with Crippen LogP contribution in [-0.4, -0.2) is 54.4 Å². The standard InChI is InChI=1S/C15H22N2O3/c1-3-16-14-7-5-4-6-13(14)15(19)17-8-12(9-18)20-10-11(17)2/h4-7,11-12,16,18H,3,8-10H2,1-2H3. The maximum atomic E-state index is 12.7. The van der Waals surface area contributed by atoms with E-state index in [1.807, 2.05) is 38.1 Å². The van der Waals surface area contributed by atoms with Crippen molar-refractivity contribution in [3.8, 4) is 0 Å². The van der Waals surface area contributed by atoms with E-state index in [9.17, 15) is 9.90 Å². The van der Waals surface area contributed by atoms with Crippen LogP contribution in [0.3, 0.4) is 0 Å². The lowest BCUT2D eigenvalue weighted by atomic mass is 10.1. The topological polar surface area (TPSA) is 61.8 Å². The average molecular weight is 278 g/mol. The second-order valence-corrected chi connectivity index (χ2v) is 5.02. The molecule has 110 valence electrons. The fourth-order valence-electron chi connectivity index (χ4n) is 2.38. The van der Waals surface area contributed by atoms with E-state index in [2.05, 4.69) is 5.32 Å². The maximum absolute atomic E-state index is 12.7. The van der Waals surface area contributed by atoms with Crippen molar-refractivity contribution in [3.05, 3.63) is 29.8 Å². The number of nitrogens with zero attached hydrogens (tertiary/aromatic N) is 1. The van der Waals surface area contributed by atoms with Crippen molar-refractivity contribution in [2.75, 3.05) is 31.6 Å². The molecule has 1 amide bonds. The van der Waals surface area contributed by atoms with Crippen LogP contribution in [0.1, 0.15) is 24.2 Å². The van der Waals surface area contributed by atoms with Gasteiger partial charge >= 0.3 is 0 Å². The number of rotatable bonds is 4. The normalized spacial score (nSPS) is 22.6. The van der Waals surface area contributed by atoms with E-state index >= 15 is 0 Å². The number of carbonyl (C=O) groups excluding carboxylic acids is 1. The molecule has 1 aliphatic heterocycles. The molecule has 0 saturated carbocycles. The highest BCUT2D eigenvalue weighted by Gasteiger charge is 2.30. The number of morpholine rings is 1. The number of hydrogen-bond donors (Lipinski definition) is 2. The summed E-state index contributed by atoms with van der Waals surface area (Å²) in [5.74, 6) is -0.0178. The number of benzene rings is 1. The molecule has 20 heavy (non-hydrogen) atoms. The van der Waals surface area contributed by atoms with Crippen LogP contribution in [0.2, 0.25) is 0 Å². The molecule has 0 spiro atoms. The Balaban J connectivity index is 2.21. The van der Waals surface area contributed by atoms with Gasteiger partial charge in [0, 0.05) is 18.8 Å². The molecule has 2 atom stereocenters. The number of para-hydroxylation sites is 1. The van der Waals surface area contributed by atoms with Gasteiger partial charge in [-0.3, -0.25) is 4.79 Å². The minimum Gasteiger partial charge on any atom is -0.394 e. The molecule has 1 saturated heterocycles. The van der Waals surface area contributed by atoms with Crippen molar-refractivity contribution in [2.24, 2.45) is 0 Å². The molecule has 1 aromatic carbocycles. The van der Waals surface area contributed by atoms with Crippen molar-refractivity contribution < 1.29 is 14.6 Å². The molecule has 5 nitrogen and oxygen atoms in total. The number of carbonyl (C=O) groups is 1. The molecule has 5 heteroatoms. The predicted octanol–water partition coefficient (Wildman–Crippen LogP) is 1.34. The van der Waals surface area contributed by atoms with Crippen molar-refractivity contribution in [3.63, 3.8) is 0 Å². The van der Waals surface area contributed by atoms with Crippen LogP contribution in [0.15, 0.2) is 24.3 Å². The third-order valence-corrected chi connectivity index (χ3v) is 3.49. The Morgan fingerprint density at radius 1 is 1.50 bits per heavy atom. The number of anilines is 1. The van der Waals surface area contributed by atoms with Gasteiger partial charge in [0.15, 0.2) is 0 Å². The van der Waals surface area contributed by atoms with Crippen LogP contribution in [0.25, 0.3) is 0 Å². The number of aliphatic hydroxyl groups is 1. The molecule has 0 aliphatic carbocycles. The lowest BCUT2D eigenvalue weighted by Crippen LogP contribution is -2.52. The summed E-state index contributed by atoms with van der Waals surface area (Å²) in [4.78, 5) is 14.5. The molecule has 1 aromatic rings. The minimum atomic E-state index is -0.290. The van der Waals surface area contributed by atoms with Gasteiger partial charge in [0.1, 0.15) is 0 Å². The van der Waals surface area contributed by atoms with Gasteiger partial charge < -0.3 is 20.1 Å². The van der Waals surface area contributed by atoms with Crippen molar-refractivity contribution in [1.82, 2.24) is 4.90 Å². The summed E-state index contributed by atoms with van der Waals surface area (Å²) in [6, 6.07) is 7.53. The van der Waals surface area contributed by atoms with Gasteiger partial charge in [-0.05, 0) is 26.0 Å². The highest BCUT2D eigenvalue weighted by Crippen LogP contribution is 2.21. The van der Waals surface area contributed by atoms with E-state index < -0.39 is 0 Å². The zero-order chi connectivity index (χ0) is 14.5. The summed E-state index contributed by atoms with van der Waals surface area (Å²) in [6.07, 6.45) is -0.290. The van der Waals surface area contributed by atoms with Crippen LogP contribution in [0.4, 0.5) is 5.69 Å². The number of ether oxygens (including phenoxy) is 1. The highest BCUT2D eigenvalue weighted by atomic mass is 16.5. The SMILES string of the molecule is CCNc1ccccc1C(=O)N1CC(CO)OCC1C. The van der Waals surface area contributed by atoms with Crippen molar-refractivity contribution in [2.45, 2.75) is 26.0 Å². The summed E-state index contributed by atoms with van der Waals surface area (Å²) >= 11 is 0. The Morgan fingerprint density at radius 3 is 2.95 bits per heavy atom. The first kappa shape index (κ1) is 14.8. The monoisotopic (exact) mass is 278 g/mol. The van der Waals surface area contributed by atoms with Crippen LogP contribution in [0, 0.1) is 0 Å². The van der Waals surface area contributed by atoms with E-state index in [1.165, 1.54) is 0 Å². The smallest absolute Gasteiger partial charge is 0.256 e. The van der Waals surface area contributed by atoms with Gasteiger partial charge in [0.2, 0.25) is 0 Å². The fraction of sp³-hybridized carbons (Fsp3) is 0.533. The molecular weight excluding hydrogens is 256 g/mol. The number of aliphatic hydroxyl groups excluding tert-OH is 1. The lowest BCUT2D eigenvalue weighted by molar-refractivity contribution is -0.0667. The van der Waals surface area contributed by atoms with E-state index in [1.54, 1.807) is 4.90 Å². The lowest BCUT2D eigenvalue weighted by Gasteiger charge is -2.37. The highest BCUT2D eigenvalue weighted by molar-refractivity contribution is 5.99. The summed E-state index contributed by atoms with van der Waals surface area (Å²) in [5, 5.41) is 12.4. The van der Waals surface area contributed by atoms with Gasteiger partial charge in [-0.15, -0.1) is 0 Å². The summed E-state index contributed by atoms with van der Waals surface area (Å²) < 4.78 is 5.47. The molecule has 0 aromatic heterocycles. The first-order valence-electron chi connectivity index (χ1n) is 7.03. The number of amides is 1. The molecule has 2 rings (SSSR count). The van der Waals surface area contributed by atoms with E-state index in [0.29, 0.717) is 18.7 Å². The van der Waals surface area contributed by atoms with E-state index in [0.717, 1.165) is 12.2 Å². The minimum absolute atomic E-state index is 0.0139. The maximum Gasteiger partial charge on any atom is 0.256 e. The number of hydrogen-bond acceptors (Lipinski definition) is 4. The molecule has 1 heterocycles. The van der Waals surface area contributed by atoms with Crippen LogP contribution in [0.5, 0.6) is 0 Å². The van der Waals surface area contributed by atoms with Gasteiger partial charge in [-0.25, -0.2) is 0 Å². The van der Waals surface area contributed by atoms with Gasteiger partial charge in [-0.2, -0.15) is 0 Å². The third kappa shape index (κ3) is 3.11. The van der Waals surface area contributed by atoms with Crippen molar-refractivity contribution in [1.29, 1.82) is 0 Å². The molecule has 2 unspecified atom stereocenters. The first-order chi connectivity index (χ1) is 9.67. The second-order valence-electron chi connectivity index (χ2n) is 5.02. The van der Waals surface area contributed by atoms with E-state index in [4.69, 9.17) is 4.74 Å². The molecule has 1 fully saturated rings. The van der Waals surface area contributed by atoms with Crippen LogP contribution >= 0.6 is 0 Å². The Kier molecular flexibility index (Phi) is 4.98. The summed E-state index contributed by atoms with van der Waals surface area (Å²) in [6.45, 7) is 5.55. The quantitative estimate of drug-likeness (QED) is 0.872. The molecule has 0 bridgehead atoms. The van der Waals surface area contributed by atoms with Crippen molar-refractivity contribution >= 4 is 11.6 Å². The van der Waals surface area contributed by atoms with Gasteiger partial charge in [0.25, 0.3) is 5.91 Å². The van der Waals surface area contributed by atoms with E-state index in [-0.39, 0.29) is 24.7 Å². The van der Waals surface area contributed by atoms with Gasteiger partial charge in [-0.1, -0.05) is 12.1 Å². The molecule has 0 radical (unpaired) electrons. The zero-order valence-corrected chi connectivity index (χ0v) is 12.0. The molecular formula is C15H22N2O3. The van der Waals surface area contributed by atoms with Gasteiger partial charge in [0.05, 0.1) is 30.9 Å². The predicted molar refractivity (Wildman–Crippen MR) is 77.9 cm³/mol. The molecule has 2 N–H and O–H groups in total. The van der Waals surface area contributed by atoms with Crippen LogP contribution < -0.4 is 5.32 Å². The Bertz CT molecular complexity index is 464.